The van der Waals surface area contributed by atoms with Crippen LogP contribution in [0.2, 0.25) is 0 Å². The van der Waals surface area contributed by atoms with Crippen LogP contribution in [0.25, 0.3) is 16.0 Å². The first-order valence-corrected chi connectivity index (χ1v) is 5.26. The van der Waals surface area contributed by atoms with Gasteiger partial charge in [-0.05, 0) is 23.3 Å². The molecule has 0 saturated heterocycles. The number of nitrogens with zero attached hydrogens (tertiary/aromatic N) is 1. The van der Waals surface area contributed by atoms with Crippen LogP contribution in [-0.4, -0.2) is 0 Å². The fraction of sp³-hybridized carbons (Fsp3) is 0.0714. The van der Waals surface area contributed by atoms with Crippen LogP contribution in [0.5, 0.6) is 0 Å². The first kappa shape index (κ1) is 13.1. The Kier molecular flexibility index (Phi) is 3.26. The molecular formula is C14H7F4N. The zero-order chi connectivity index (χ0) is 14.0. The summed E-state index contributed by atoms with van der Waals surface area (Å²) < 4.78 is 51.1. The maximum atomic E-state index is 12.8. The number of rotatable bonds is 1. The van der Waals surface area contributed by atoms with E-state index in [1.54, 1.807) is 0 Å². The van der Waals surface area contributed by atoms with Crippen LogP contribution in [0.4, 0.5) is 23.2 Å². The molecule has 5 heteroatoms. The van der Waals surface area contributed by atoms with E-state index >= 15 is 0 Å². The van der Waals surface area contributed by atoms with Gasteiger partial charge in [-0.1, -0.05) is 30.3 Å². The number of hydrogen-bond donors (Lipinski definition) is 0. The van der Waals surface area contributed by atoms with Gasteiger partial charge < -0.3 is 0 Å². The van der Waals surface area contributed by atoms with Crippen molar-refractivity contribution in [2.45, 2.75) is 6.18 Å². The van der Waals surface area contributed by atoms with Gasteiger partial charge in [0.05, 0.1) is 12.1 Å². The molecule has 0 spiro atoms. The maximum absolute atomic E-state index is 12.8. The van der Waals surface area contributed by atoms with Gasteiger partial charge in [0.15, 0.2) is 5.69 Å². The highest BCUT2D eigenvalue weighted by molar-refractivity contribution is 5.69. The van der Waals surface area contributed by atoms with Gasteiger partial charge in [0.25, 0.3) is 0 Å². The molecule has 0 aliphatic heterocycles. The molecule has 1 nitrogen and oxygen atoms in total. The second-order valence-electron chi connectivity index (χ2n) is 3.85. The van der Waals surface area contributed by atoms with Gasteiger partial charge in [-0.2, -0.15) is 13.2 Å². The molecule has 0 amide bonds. The summed E-state index contributed by atoms with van der Waals surface area (Å²) >= 11 is 0. The van der Waals surface area contributed by atoms with Crippen LogP contribution < -0.4 is 0 Å². The molecule has 2 aromatic carbocycles. The first-order chi connectivity index (χ1) is 8.91. The van der Waals surface area contributed by atoms with Gasteiger partial charge in [0.2, 0.25) is 0 Å². The summed E-state index contributed by atoms with van der Waals surface area (Å²) in [6.45, 7) is 6.74. The topological polar surface area (TPSA) is 4.36 Å². The molecule has 0 fully saturated rings. The molecule has 96 valence electrons. The summed E-state index contributed by atoms with van der Waals surface area (Å²) in [7, 11) is 0. The summed E-state index contributed by atoms with van der Waals surface area (Å²) in [5, 5.41) is 0. The van der Waals surface area contributed by atoms with Gasteiger partial charge in [0, 0.05) is 0 Å². The highest BCUT2D eigenvalue weighted by Crippen LogP contribution is 2.38. The predicted octanol–water partition coefficient (Wildman–Crippen LogP) is 5.06. The summed E-state index contributed by atoms with van der Waals surface area (Å²) in [4.78, 5) is 2.86. The van der Waals surface area contributed by atoms with Crippen molar-refractivity contribution in [1.82, 2.24) is 0 Å². The van der Waals surface area contributed by atoms with Crippen molar-refractivity contribution >= 4 is 5.69 Å². The Hall–Kier alpha value is -2.35. The third kappa shape index (κ3) is 2.74. The zero-order valence-electron chi connectivity index (χ0n) is 9.50. The maximum Gasteiger partial charge on any atom is 0.407 e. The Bertz CT molecular complexity index is 636. The van der Waals surface area contributed by atoms with Crippen LogP contribution in [0.1, 0.15) is 5.56 Å². The quantitative estimate of drug-likeness (QED) is 0.501. The third-order valence-corrected chi connectivity index (χ3v) is 2.60. The Morgan fingerprint density at radius 2 is 1.47 bits per heavy atom. The van der Waals surface area contributed by atoms with E-state index in [-0.39, 0.29) is 0 Å². The molecule has 2 aromatic rings. The first-order valence-electron chi connectivity index (χ1n) is 5.26. The van der Waals surface area contributed by atoms with Crippen LogP contribution in [0, 0.1) is 12.4 Å². The number of alkyl halides is 3. The van der Waals surface area contributed by atoms with Crippen LogP contribution >= 0.6 is 0 Å². The third-order valence-electron chi connectivity index (χ3n) is 2.60. The van der Waals surface area contributed by atoms with Crippen molar-refractivity contribution in [1.29, 1.82) is 0 Å². The van der Waals surface area contributed by atoms with Crippen molar-refractivity contribution in [2.24, 2.45) is 0 Å². The van der Waals surface area contributed by atoms with Gasteiger partial charge >= 0.3 is 6.18 Å². The van der Waals surface area contributed by atoms with E-state index in [2.05, 4.69) is 4.85 Å². The summed E-state index contributed by atoms with van der Waals surface area (Å²) in [6, 6.07) is 8.56. The van der Waals surface area contributed by atoms with E-state index in [0.717, 1.165) is 12.1 Å². The average molecular weight is 265 g/mol. The van der Waals surface area contributed by atoms with Gasteiger partial charge in [-0.3, -0.25) is 0 Å². The predicted molar refractivity (Wildman–Crippen MR) is 63.1 cm³/mol. The molecule has 0 saturated carbocycles. The SMILES string of the molecule is [C-]#[N+]c1ccc(-c2ccc(F)cc2)cc1C(F)(F)F. The van der Waals surface area contributed by atoms with Crippen LogP contribution in [-0.2, 0) is 6.18 Å². The molecule has 0 aromatic heterocycles. The van der Waals surface area contributed by atoms with E-state index in [1.165, 1.54) is 30.3 Å². The fourth-order valence-corrected chi connectivity index (χ4v) is 1.68. The van der Waals surface area contributed by atoms with Gasteiger partial charge in [-0.15, -0.1) is 0 Å². The molecule has 19 heavy (non-hydrogen) atoms. The summed E-state index contributed by atoms with van der Waals surface area (Å²) in [6.07, 6.45) is -4.59. The lowest BCUT2D eigenvalue weighted by molar-refractivity contribution is -0.136. The highest BCUT2D eigenvalue weighted by atomic mass is 19.4. The molecule has 0 aliphatic carbocycles. The van der Waals surface area contributed by atoms with E-state index in [9.17, 15) is 17.6 Å². The molecule has 0 radical (unpaired) electrons. The molecule has 0 atom stereocenters. The van der Waals surface area contributed by atoms with E-state index in [0.29, 0.717) is 11.1 Å². The van der Waals surface area contributed by atoms with Crippen molar-refractivity contribution < 1.29 is 17.6 Å². The Morgan fingerprint density at radius 1 is 0.895 bits per heavy atom. The van der Waals surface area contributed by atoms with Crippen molar-refractivity contribution in [3.8, 4) is 11.1 Å². The molecule has 0 aliphatic rings. The number of benzene rings is 2. The molecular weight excluding hydrogens is 258 g/mol. The number of halogens is 4. The minimum Gasteiger partial charge on any atom is -0.238 e. The van der Waals surface area contributed by atoms with Crippen molar-refractivity contribution in [3.05, 3.63) is 65.3 Å². The monoisotopic (exact) mass is 265 g/mol. The molecule has 0 heterocycles. The van der Waals surface area contributed by atoms with E-state index in [1.807, 2.05) is 0 Å². The fourth-order valence-electron chi connectivity index (χ4n) is 1.68. The Balaban J connectivity index is 2.56. The van der Waals surface area contributed by atoms with Gasteiger partial charge in [-0.25, -0.2) is 9.24 Å². The second kappa shape index (κ2) is 4.73. The van der Waals surface area contributed by atoms with Crippen LogP contribution in [0.3, 0.4) is 0 Å². The zero-order valence-corrected chi connectivity index (χ0v) is 9.50. The van der Waals surface area contributed by atoms with E-state index < -0.39 is 23.2 Å². The largest absolute Gasteiger partial charge is 0.407 e. The van der Waals surface area contributed by atoms with Crippen molar-refractivity contribution in [3.63, 3.8) is 0 Å². The standard InChI is InChI=1S/C14H7F4N/c1-19-13-7-4-10(8-12(13)14(16,17)18)9-2-5-11(15)6-3-9/h2-8H. The summed E-state index contributed by atoms with van der Waals surface area (Å²) in [5.41, 5.74) is -0.675. The Morgan fingerprint density at radius 3 is 2.00 bits per heavy atom. The normalized spacial score (nSPS) is 11.1. The minimum atomic E-state index is -4.59. The van der Waals surface area contributed by atoms with Crippen LogP contribution in [0.15, 0.2) is 42.5 Å². The molecule has 2 rings (SSSR count). The highest BCUT2D eigenvalue weighted by Gasteiger charge is 2.33. The minimum absolute atomic E-state index is 0.291. The lowest BCUT2D eigenvalue weighted by Crippen LogP contribution is -2.05. The summed E-state index contributed by atoms with van der Waals surface area (Å²) in [5.74, 6) is -0.461. The molecule has 0 unspecified atom stereocenters. The average Bonchev–Trinajstić information content (AvgIpc) is 2.38. The lowest BCUT2D eigenvalue weighted by Gasteiger charge is -2.11. The molecule has 0 N–H and O–H groups in total. The van der Waals surface area contributed by atoms with Crippen molar-refractivity contribution in [2.75, 3.05) is 0 Å². The number of hydrogen-bond acceptors (Lipinski definition) is 0. The Labute approximate surface area is 106 Å². The lowest BCUT2D eigenvalue weighted by atomic mass is 10.0. The molecule has 0 bridgehead atoms. The smallest absolute Gasteiger partial charge is 0.238 e. The second-order valence-corrected chi connectivity index (χ2v) is 3.85. The van der Waals surface area contributed by atoms with E-state index in [4.69, 9.17) is 6.57 Å². The van der Waals surface area contributed by atoms with Gasteiger partial charge in [0.1, 0.15) is 5.82 Å².